The predicted octanol–water partition coefficient (Wildman–Crippen LogP) is 2.58. The second-order valence-electron chi connectivity index (χ2n) is 6.12. The van der Waals surface area contributed by atoms with Gasteiger partial charge in [-0.2, -0.15) is 5.10 Å². The van der Waals surface area contributed by atoms with E-state index in [9.17, 15) is 0 Å². The summed E-state index contributed by atoms with van der Waals surface area (Å²) in [5.74, 6) is 7.14. The Balaban J connectivity index is 1.64. The highest BCUT2D eigenvalue weighted by molar-refractivity contribution is 6.07. The van der Waals surface area contributed by atoms with Crippen LogP contribution in [-0.2, 0) is 10.4 Å². The minimum Gasteiger partial charge on any atom is -0.399 e. The van der Waals surface area contributed by atoms with Gasteiger partial charge in [0.15, 0.2) is 0 Å². The summed E-state index contributed by atoms with van der Waals surface area (Å²) in [4.78, 5) is 9.16. The first-order valence-corrected chi connectivity index (χ1v) is 7.90. The summed E-state index contributed by atoms with van der Waals surface area (Å²) in [6.07, 6.45) is 7.77. The fourth-order valence-corrected chi connectivity index (χ4v) is 2.74. The molecule has 2 fully saturated rings. The number of nitrogens with zero attached hydrogens (tertiary/aromatic N) is 4. The number of hydrogen-bond acceptors (Lipinski definition) is 4. The van der Waals surface area contributed by atoms with Crippen LogP contribution in [0.25, 0.3) is 0 Å². The maximum absolute atomic E-state index is 5.10. The molecule has 0 spiro atoms. The van der Waals surface area contributed by atoms with Crippen LogP contribution in [0.15, 0.2) is 42.1 Å². The molecule has 116 valence electrons. The zero-order valence-electron chi connectivity index (χ0n) is 13.1. The molecule has 0 atom stereocenters. The Bertz CT molecular complexity index is 773. The zero-order chi connectivity index (χ0) is 15.7. The van der Waals surface area contributed by atoms with Crippen molar-refractivity contribution in [3.8, 4) is 11.8 Å². The maximum Gasteiger partial charge on any atom is 0.137 e. The van der Waals surface area contributed by atoms with E-state index in [-0.39, 0.29) is 5.54 Å². The molecule has 2 aliphatic carbocycles. The van der Waals surface area contributed by atoms with Crippen LogP contribution < -0.4 is 0 Å². The molecule has 2 saturated carbocycles. The summed E-state index contributed by atoms with van der Waals surface area (Å²) in [5, 5.41) is 8.59. The van der Waals surface area contributed by atoms with E-state index in [1.54, 1.807) is 19.8 Å². The van der Waals surface area contributed by atoms with Gasteiger partial charge in [0.05, 0.1) is 0 Å². The highest BCUT2D eigenvalue weighted by Gasteiger charge is 2.51. The lowest BCUT2D eigenvalue weighted by atomic mass is 10.00. The quantitative estimate of drug-likeness (QED) is 0.495. The number of benzene rings is 1. The Labute approximate surface area is 135 Å². The molecule has 0 bridgehead atoms. The van der Waals surface area contributed by atoms with Gasteiger partial charge < -0.3 is 4.84 Å². The summed E-state index contributed by atoms with van der Waals surface area (Å²) in [5.41, 5.74) is 2.75. The van der Waals surface area contributed by atoms with Crippen LogP contribution in [0.2, 0.25) is 0 Å². The van der Waals surface area contributed by atoms with Crippen molar-refractivity contribution in [3.63, 3.8) is 0 Å². The molecular weight excluding hydrogens is 288 g/mol. The highest BCUT2D eigenvalue weighted by atomic mass is 16.6. The van der Waals surface area contributed by atoms with Crippen LogP contribution in [0.4, 0.5) is 0 Å². The number of aromatic nitrogens is 3. The molecule has 5 heteroatoms. The predicted molar refractivity (Wildman–Crippen MR) is 86.8 cm³/mol. The fourth-order valence-electron chi connectivity index (χ4n) is 2.74. The molecule has 1 aromatic heterocycles. The van der Waals surface area contributed by atoms with Crippen molar-refractivity contribution in [1.29, 1.82) is 0 Å². The van der Waals surface area contributed by atoms with E-state index in [1.165, 1.54) is 12.8 Å². The van der Waals surface area contributed by atoms with Crippen molar-refractivity contribution in [1.82, 2.24) is 14.8 Å². The second kappa shape index (κ2) is 5.54. The van der Waals surface area contributed by atoms with Crippen molar-refractivity contribution in [2.45, 2.75) is 31.2 Å². The van der Waals surface area contributed by atoms with Gasteiger partial charge in [-0.15, -0.1) is 0 Å². The van der Waals surface area contributed by atoms with Gasteiger partial charge in [-0.1, -0.05) is 29.1 Å². The van der Waals surface area contributed by atoms with Crippen LogP contribution in [0, 0.1) is 17.8 Å². The molecule has 5 nitrogen and oxygen atoms in total. The van der Waals surface area contributed by atoms with Crippen LogP contribution >= 0.6 is 0 Å². The van der Waals surface area contributed by atoms with Gasteiger partial charge in [0.25, 0.3) is 0 Å². The van der Waals surface area contributed by atoms with Gasteiger partial charge in [-0.3, -0.25) is 0 Å². The van der Waals surface area contributed by atoms with E-state index in [0.717, 1.165) is 29.7 Å². The van der Waals surface area contributed by atoms with E-state index in [2.05, 4.69) is 39.2 Å². The molecule has 0 aliphatic heterocycles. The third kappa shape index (κ3) is 2.72. The summed E-state index contributed by atoms with van der Waals surface area (Å²) >= 11 is 0. The average molecular weight is 306 g/mol. The second-order valence-corrected chi connectivity index (χ2v) is 6.12. The minimum atomic E-state index is -0.228. The van der Waals surface area contributed by atoms with E-state index in [1.807, 2.05) is 16.8 Å². The lowest BCUT2D eigenvalue weighted by Crippen LogP contribution is -2.29. The Kier molecular flexibility index (Phi) is 3.38. The molecule has 1 aromatic carbocycles. The summed E-state index contributed by atoms with van der Waals surface area (Å²) in [6, 6.07) is 8.22. The van der Waals surface area contributed by atoms with Crippen molar-refractivity contribution < 1.29 is 4.84 Å². The Morgan fingerprint density at radius 2 is 2.09 bits per heavy atom. The lowest BCUT2D eigenvalue weighted by molar-refractivity contribution is 0.210. The summed E-state index contributed by atoms with van der Waals surface area (Å²) < 4.78 is 1.88. The SMILES string of the molecule is CON=C(c1ccc(C#CC2CC2)cc1)C1(n2cncn2)CC1. The molecule has 0 unspecified atom stereocenters. The average Bonchev–Trinajstić information content (AvgIpc) is 3.51. The minimum absolute atomic E-state index is 0.228. The molecule has 0 radical (unpaired) electrons. The molecule has 0 amide bonds. The zero-order valence-corrected chi connectivity index (χ0v) is 13.1. The number of rotatable bonds is 4. The monoisotopic (exact) mass is 306 g/mol. The van der Waals surface area contributed by atoms with E-state index < -0.39 is 0 Å². The topological polar surface area (TPSA) is 52.3 Å². The largest absolute Gasteiger partial charge is 0.399 e. The molecule has 23 heavy (non-hydrogen) atoms. The van der Waals surface area contributed by atoms with Gasteiger partial charge in [-0.25, -0.2) is 9.67 Å². The molecule has 0 saturated heterocycles. The van der Waals surface area contributed by atoms with Crippen molar-refractivity contribution in [2.75, 3.05) is 7.11 Å². The fraction of sp³-hybridized carbons (Fsp3) is 0.389. The van der Waals surface area contributed by atoms with Crippen LogP contribution in [-0.4, -0.2) is 27.6 Å². The van der Waals surface area contributed by atoms with Crippen molar-refractivity contribution >= 4 is 5.71 Å². The summed E-state index contributed by atoms with van der Waals surface area (Å²) in [7, 11) is 1.58. The number of hydrogen-bond donors (Lipinski definition) is 0. The summed E-state index contributed by atoms with van der Waals surface area (Å²) in [6.45, 7) is 0. The van der Waals surface area contributed by atoms with Crippen molar-refractivity contribution in [3.05, 3.63) is 48.0 Å². The first-order chi connectivity index (χ1) is 11.3. The molecule has 2 aliphatic rings. The molecule has 4 rings (SSSR count). The third-order valence-corrected chi connectivity index (χ3v) is 4.36. The Hall–Kier alpha value is -2.61. The molecule has 0 N–H and O–H groups in total. The molecule has 2 aromatic rings. The Morgan fingerprint density at radius 3 is 2.65 bits per heavy atom. The van der Waals surface area contributed by atoms with Gasteiger partial charge >= 0.3 is 0 Å². The van der Waals surface area contributed by atoms with Crippen LogP contribution in [0.1, 0.15) is 36.8 Å². The van der Waals surface area contributed by atoms with Gasteiger partial charge in [-0.05, 0) is 37.8 Å². The maximum atomic E-state index is 5.10. The van der Waals surface area contributed by atoms with Gasteiger partial charge in [0, 0.05) is 17.0 Å². The van der Waals surface area contributed by atoms with E-state index in [4.69, 9.17) is 4.84 Å². The van der Waals surface area contributed by atoms with E-state index >= 15 is 0 Å². The normalized spacial score (nSPS) is 18.9. The third-order valence-electron chi connectivity index (χ3n) is 4.36. The lowest BCUT2D eigenvalue weighted by Gasteiger charge is -2.17. The first kappa shape index (κ1) is 14.0. The van der Waals surface area contributed by atoms with Crippen molar-refractivity contribution in [2.24, 2.45) is 11.1 Å². The van der Waals surface area contributed by atoms with Gasteiger partial charge in [0.2, 0.25) is 0 Å². The standard InChI is InChI=1S/C18H18N4O/c1-23-21-17(18(10-11-18)22-13-19-12-20-22)16-8-6-15(7-9-16)5-4-14-2-3-14/h6-9,12-14H,2-3,10-11H2,1H3. The van der Waals surface area contributed by atoms with Crippen LogP contribution in [0.5, 0.6) is 0 Å². The van der Waals surface area contributed by atoms with Gasteiger partial charge in [0.1, 0.15) is 31.0 Å². The number of oxime groups is 1. The van der Waals surface area contributed by atoms with E-state index in [0.29, 0.717) is 5.92 Å². The molecular formula is C18H18N4O. The molecule has 1 heterocycles. The first-order valence-electron chi connectivity index (χ1n) is 7.90. The van der Waals surface area contributed by atoms with Crippen LogP contribution in [0.3, 0.4) is 0 Å². The Morgan fingerprint density at radius 1 is 1.30 bits per heavy atom. The smallest absolute Gasteiger partial charge is 0.137 e. The highest BCUT2D eigenvalue weighted by Crippen LogP contribution is 2.46.